The van der Waals surface area contributed by atoms with E-state index in [9.17, 15) is 4.79 Å². The average molecular weight is 270 g/mol. The van der Waals surface area contributed by atoms with Gasteiger partial charge in [-0.2, -0.15) is 0 Å². The number of carbonyl (C=O) groups is 1. The van der Waals surface area contributed by atoms with Gasteiger partial charge in [0.05, 0.1) is 0 Å². The standard InChI is InChI=1S/C13H20ClN3O/c1-11(14)13(18)17(8-7-16(2)3)10-12-5-4-6-15-9-12/h4-6,9,11H,7-8,10H2,1-3H3. The van der Waals surface area contributed by atoms with E-state index in [1.165, 1.54) is 0 Å². The molecule has 1 aromatic heterocycles. The van der Waals surface area contributed by atoms with E-state index in [0.29, 0.717) is 13.1 Å². The number of halogens is 1. The van der Waals surface area contributed by atoms with Crippen molar-refractivity contribution in [3.63, 3.8) is 0 Å². The molecular formula is C13H20ClN3O. The predicted octanol–water partition coefficient (Wildman–Crippen LogP) is 1.60. The lowest BCUT2D eigenvalue weighted by molar-refractivity contribution is -0.131. The minimum atomic E-state index is -0.496. The van der Waals surface area contributed by atoms with E-state index in [1.807, 2.05) is 31.1 Å². The molecule has 1 unspecified atom stereocenters. The summed E-state index contributed by atoms with van der Waals surface area (Å²) in [6.07, 6.45) is 3.49. The van der Waals surface area contributed by atoms with Crippen molar-refractivity contribution in [3.8, 4) is 0 Å². The van der Waals surface area contributed by atoms with E-state index in [-0.39, 0.29) is 5.91 Å². The normalized spacial score (nSPS) is 12.5. The van der Waals surface area contributed by atoms with Crippen molar-refractivity contribution in [2.45, 2.75) is 18.8 Å². The maximum absolute atomic E-state index is 12.0. The number of rotatable bonds is 6. The second kappa shape index (κ2) is 7.34. The maximum atomic E-state index is 12.0. The molecule has 18 heavy (non-hydrogen) atoms. The summed E-state index contributed by atoms with van der Waals surface area (Å²) in [5, 5.41) is -0.496. The highest BCUT2D eigenvalue weighted by atomic mass is 35.5. The number of carbonyl (C=O) groups excluding carboxylic acids is 1. The topological polar surface area (TPSA) is 36.4 Å². The minimum Gasteiger partial charge on any atom is -0.336 e. The molecule has 1 rings (SSSR count). The van der Waals surface area contributed by atoms with Crippen molar-refractivity contribution in [1.82, 2.24) is 14.8 Å². The van der Waals surface area contributed by atoms with Crippen LogP contribution in [0.4, 0.5) is 0 Å². The number of nitrogens with zero attached hydrogens (tertiary/aromatic N) is 3. The second-order valence-corrected chi connectivity index (χ2v) is 5.19. The van der Waals surface area contributed by atoms with Crippen LogP contribution >= 0.6 is 11.6 Å². The summed E-state index contributed by atoms with van der Waals surface area (Å²) in [7, 11) is 3.97. The average Bonchev–Trinajstić information content (AvgIpc) is 2.34. The van der Waals surface area contributed by atoms with Crippen LogP contribution in [0.2, 0.25) is 0 Å². The van der Waals surface area contributed by atoms with Gasteiger partial charge >= 0.3 is 0 Å². The molecule has 0 saturated carbocycles. The van der Waals surface area contributed by atoms with E-state index in [2.05, 4.69) is 4.98 Å². The van der Waals surface area contributed by atoms with Gasteiger partial charge in [-0.15, -0.1) is 11.6 Å². The van der Waals surface area contributed by atoms with Gasteiger partial charge in [0.1, 0.15) is 5.38 Å². The Morgan fingerprint density at radius 2 is 2.17 bits per heavy atom. The lowest BCUT2D eigenvalue weighted by Crippen LogP contribution is -2.39. The quantitative estimate of drug-likeness (QED) is 0.736. The first kappa shape index (κ1) is 14.9. The van der Waals surface area contributed by atoms with Crippen molar-refractivity contribution in [2.24, 2.45) is 0 Å². The van der Waals surface area contributed by atoms with Crippen LogP contribution in [-0.4, -0.2) is 53.3 Å². The molecule has 1 atom stereocenters. The van der Waals surface area contributed by atoms with Crippen LogP contribution in [0.5, 0.6) is 0 Å². The zero-order chi connectivity index (χ0) is 13.5. The van der Waals surface area contributed by atoms with Crippen LogP contribution < -0.4 is 0 Å². The highest BCUT2D eigenvalue weighted by Gasteiger charge is 2.18. The molecule has 0 spiro atoms. The van der Waals surface area contributed by atoms with Gasteiger partial charge in [-0.05, 0) is 32.6 Å². The third-order valence-electron chi connectivity index (χ3n) is 2.57. The number of alkyl halides is 1. The number of amides is 1. The second-order valence-electron chi connectivity index (χ2n) is 4.54. The summed E-state index contributed by atoms with van der Waals surface area (Å²) in [5.74, 6) is -0.0395. The van der Waals surface area contributed by atoms with Crippen LogP contribution in [0, 0.1) is 0 Å². The first-order valence-corrected chi connectivity index (χ1v) is 6.41. The smallest absolute Gasteiger partial charge is 0.240 e. The number of hydrogen-bond acceptors (Lipinski definition) is 3. The number of hydrogen-bond donors (Lipinski definition) is 0. The molecule has 0 bridgehead atoms. The Labute approximate surface area is 114 Å². The summed E-state index contributed by atoms with van der Waals surface area (Å²) < 4.78 is 0. The SMILES string of the molecule is CC(Cl)C(=O)N(CCN(C)C)Cc1cccnc1. The van der Waals surface area contributed by atoms with Gasteiger partial charge in [-0.3, -0.25) is 9.78 Å². The molecule has 0 fully saturated rings. The van der Waals surface area contributed by atoms with Crippen molar-refractivity contribution in [2.75, 3.05) is 27.2 Å². The van der Waals surface area contributed by atoms with Gasteiger partial charge < -0.3 is 9.80 Å². The lowest BCUT2D eigenvalue weighted by atomic mass is 10.2. The molecule has 1 amide bonds. The predicted molar refractivity (Wildman–Crippen MR) is 73.5 cm³/mol. The van der Waals surface area contributed by atoms with E-state index in [4.69, 9.17) is 11.6 Å². The van der Waals surface area contributed by atoms with Crippen LogP contribution in [-0.2, 0) is 11.3 Å². The minimum absolute atomic E-state index is 0.0395. The molecule has 0 radical (unpaired) electrons. The first-order valence-electron chi connectivity index (χ1n) is 5.97. The molecule has 0 saturated heterocycles. The van der Waals surface area contributed by atoms with Crippen molar-refractivity contribution < 1.29 is 4.79 Å². The van der Waals surface area contributed by atoms with Gasteiger partial charge in [0, 0.05) is 32.0 Å². The molecule has 100 valence electrons. The molecule has 1 heterocycles. The Bertz CT molecular complexity index is 368. The van der Waals surface area contributed by atoms with Crippen LogP contribution in [0.15, 0.2) is 24.5 Å². The van der Waals surface area contributed by atoms with E-state index in [1.54, 1.807) is 24.2 Å². The van der Waals surface area contributed by atoms with Crippen LogP contribution in [0.25, 0.3) is 0 Å². The fourth-order valence-corrected chi connectivity index (χ4v) is 1.69. The zero-order valence-electron chi connectivity index (χ0n) is 11.1. The highest BCUT2D eigenvalue weighted by molar-refractivity contribution is 6.30. The van der Waals surface area contributed by atoms with Gasteiger partial charge in [-0.25, -0.2) is 0 Å². The van der Waals surface area contributed by atoms with Crippen molar-refractivity contribution >= 4 is 17.5 Å². The van der Waals surface area contributed by atoms with Gasteiger partial charge in [0.25, 0.3) is 0 Å². The van der Waals surface area contributed by atoms with Gasteiger partial charge in [0.15, 0.2) is 0 Å². The summed E-state index contributed by atoms with van der Waals surface area (Å²) in [6, 6.07) is 3.83. The number of aromatic nitrogens is 1. The van der Waals surface area contributed by atoms with Crippen LogP contribution in [0.1, 0.15) is 12.5 Å². The number of likely N-dealkylation sites (N-methyl/N-ethyl adjacent to an activating group) is 1. The largest absolute Gasteiger partial charge is 0.336 e. The Morgan fingerprint density at radius 1 is 1.44 bits per heavy atom. The molecule has 5 heteroatoms. The summed E-state index contributed by atoms with van der Waals surface area (Å²) in [5.41, 5.74) is 1.02. The van der Waals surface area contributed by atoms with Crippen molar-refractivity contribution in [1.29, 1.82) is 0 Å². The molecule has 4 nitrogen and oxygen atoms in total. The van der Waals surface area contributed by atoms with E-state index in [0.717, 1.165) is 12.1 Å². The first-order chi connectivity index (χ1) is 8.50. The summed E-state index contributed by atoms with van der Waals surface area (Å²) in [4.78, 5) is 19.9. The van der Waals surface area contributed by atoms with E-state index < -0.39 is 5.38 Å². The Balaban J connectivity index is 2.68. The molecular weight excluding hydrogens is 250 g/mol. The Hall–Kier alpha value is -1.13. The molecule has 0 N–H and O–H groups in total. The third-order valence-corrected chi connectivity index (χ3v) is 2.75. The Morgan fingerprint density at radius 3 is 2.67 bits per heavy atom. The fourth-order valence-electron chi connectivity index (χ4n) is 1.55. The fraction of sp³-hybridized carbons (Fsp3) is 0.538. The van der Waals surface area contributed by atoms with Gasteiger partial charge in [0.2, 0.25) is 5.91 Å². The summed E-state index contributed by atoms with van der Waals surface area (Å²) in [6.45, 7) is 3.74. The molecule has 1 aromatic rings. The number of pyridine rings is 1. The summed E-state index contributed by atoms with van der Waals surface area (Å²) >= 11 is 5.88. The molecule has 0 aromatic carbocycles. The monoisotopic (exact) mass is 269 g/mol. The highest BCUT2D eigenvalue weighted by Crippen LogP contribution is 2.08. The van der Waals surface area contributed by atoms with Crippen molar-refractivity contribution in [3.05, 3.63) is 30.1 Å². The van der Waals surface area contributed by atoms with E-state index >= 15 is 0 Å². The Kier molecular flexibility index (Phi) is 6.09. The molecule has 0 aliphatic rings. The lowest BCUT2D eigenvalue weighted by Gasteiger charge is -2.25. The molecule has 0 aliphatic heterocycles. The third kappa shape index (κ3) is 5.02. The zero-order valence-corrected chi connectivity index (χ0v) is 11.9. The molecule has 0 aliphatic carbocycles. The maximum Gasteiger partial charge on any atom is 0.240 e. The van der Waals surface area contributed by atoms with Crippen LogP contribution in [0.3, 0.4) is 0 Å². The van der Waals surface area contributed by atoms with Gasteiger partial charge in [-0.1, -0.05) is 6.07 Å².